The molecule has 162 valence electrons. The molecule has 3 rings (SSSR count). The van der Waals surface area contributed by atoms with Gasteiger partial charge < -0.3 is 9.16 Å². The molecular weight excluding hydrogens is 402 g/mol. The van der Waals surface area contributed by atoms with E-state index in [1.165, 1.54) is 6.92 Å². The number of carbonyl (C=O) groups is 1. The summed E-state index contributed by atoms with van der Waals surface area (Å²) >= 11 is 0. The van der Waals surface area contributed by atoms with Crippen molar-refractivity contribution in [1.82, 2.24) is 4.98 Å². The molecule has 0 radical (unpaired) electrons. The van der Waals surface area contributed by atoms with Crippen molar-refractivity contribution in [3.05, 3.63) is 89.7 Å². The minimum atomic E-state index is -1.89. The van der Waals surface area contributed by atoms with Crippen molar-refractivity contribution in [2.24, 2.45) is 0 Å². The van der Waals surface area contributed by atoms with Gasteiger partial charge in [-0.2, -0.15) is 0 Å². The van der Waals surface area contributed by atoms with Gasteiger partial charge in [-0.1, -0.05) is 51.1 Å². The minimum Gasteiger partial charge on any atom is -0.544 e. The summed E-state index contributed by atoms with van der Waals surface area (Å²) in [6.45, 7) is 12.6. The SMILES string of the molecule is CC(=O)Oc1ccc(C(c2ccc(O[Si](C)(C)C(C)(C)C)cc2)c2ccccn2)cc1. The number of esters is 1. The number of benzene rings is 2. The van der Waals surface area contributed by atoms with Crippen LogP contribution in [0.5, 0.6) is 11.5 Å². The van der Waals surface area contributed by atoms with Gasteiger partial charge in [0.25, 0.3) is 0 Å². The first-order valence-corrected chi connectivity index (χ1v) is 13.5. The summed E-state index contributed by atoms with van der Waals surface area (Å²) in [5, 5.41) is 0.145. The van der Waals surface area contributed by atoms with Gasteiger partial charge in [0, 0.05) is 13.1 Å². The number of hydrogen-bond acceptors (Lipinski definition) is 4. The lowest BCUT2D eigenvalue weighted by molar-refractivity contribution is -0.131. The predicted molar refractivity (Wildman–Crippen MR) is 127 cm³/mol. The molecule has 3 aromatic rings. The van der Waals surface area contributed by atoms with E-state index in [1.807, 2.05) is 48.7 Å². The summed E-state index contributed by atoms with van der Waals surface area (Å²) < 4.78 is 11.6. The highest BCUT2D eigenvalue weighted by molar-refractivity contribution is 6.74. The molecule has 4 nitrogen and oxygen atoms in total. The van der Waals surface area contributed by atoms with E-state index in [-0.39, 0.29) is 16.9 Å². The first-order valence-electron chi connectivity index (χ1n) is 10.5. The standard InChI is InChI=1S/C26H31NO3Si/c1-19(28)29-22-14-10-20(11-15-22)25(24-9-7-8-18-27-24)21-12-16-23(17-13-21)30-31(5,6)26(2,3)4/h7-18,25H,1-6H3. The first kappa shape index (κ1) is 22.8. The maximum atomic E-state index is 11.2. The van der Waals surface area contributed by atoms with Crippen molar-refractivity contribution in [1.29, 1.82) is 0 Å². The Morgan fingerprint density at radius 2 is 1.42 bits per heavy atom. The fourth-order valence-corrected chi connectivity index (χ4v) is 4.18. The zero-order valence-electron chi connectivity index (χ0n) is 19.2. The van der Waals surface area contributed by atoms with Crippen LogP contribution in [0.4, 0.5) is 0 Å². The number of pyridine rings is 1. The lowest BCUT2D eigenvalue weighted by Gasteiger charge is -2.36. The fraction of sp³-hybridized carbons (Fsp3) is 0.308. The average molecular weight is 434 g/mol. The molecule has 0 N–H and O–H groups in total. The monoisotopic (exact) mass is 433 g/mol. The molecule has 5 heteroatoms. The number of rotatable bonds is 6. The molecule has 2 aromatic carbocycles. The van der Waals surface area contributed by atoms with Gasteiger partial charge in [-0.25, -0.2) is 0 Å². The number of carbonyl (C=O) groups excluding carboxylic acids is 1. The molecular formula is C26H31NO3Si. The van der Waals surface area contributed by atoms with E-state index in [2.05, 4.69) is 63.1 Å². The molecule has 0 spiro atoms. The van der Waals surface area contributed by atoms with E-state index in [0.29, 0.717) is 5.75 Å². The lowest BCUT2D eigenvalue weighted by Crippen LogP contribution is -2.43. The first-order chi connectivity index (χ1) is 14.6. The second kappa shape index (κ2) is 9.06. The summed E-state index contributed by atoms with van der Waals surface area (Å²) in [5.41, 5.74) is 3.16. The van der Waals surface area contributed by atoms with Crippen LogP contribution in [0.1, 0.15) is 50.4 Å². The molecule has 1 aromatic heterocycles. The molecule has 0 saturated carbocycles. The van der Waals surface area contributed by atoms with Gasteiger partial charge in [-0.15, -0.1) is 0 Å². The van der Waals surface area contributed by atoms with Crippen LogP contribution >= 0.6 is 0 Å². The molecule has 0 amide bonds. The lowest BCUT2D eigenvalue weighted by atomic mass is 9.88. The molecule has 1 atom stereocenters. The van der Waals surface area contributed by atoms with Gasteiger partial charge in [-0.3, -0.25) is 9.78 Å². The zero-order valence-corrected chi connectivity index (χ0v) is 20.2. The Morgan fingerprint density at radius 3 is 1.87 bits per heavy atom. The van der Waals surface area contributed by atoms with Crippen molar-refractivity contribution < 1.29 is 14.0 Å². The summed E-state index contributed by atoms with van der Waals surface area (Å²) in [6.07, 6.45) is 1.81. The van der Waals surface area contributed by atoms with Crippen LogP contribution in [-0.4, -0.2) is 19.3 Å². The van der Waals surface area contributed by atoms with Crippen LogP contribution in [0.15, 0.2) is 72.9 Å². The number of ether oxygens (including phenoxy) is 1. The Kier molecular flexibility index (Phi) is 6.65. The number of hydrogen-bond donors (Lipinski definition) is 0. The summed E-state index contributed by atoms with van der Waals surface area (Å²) in [7, 11) is -1.89. The van der Waals surface area contributed by atoms with Gasteiger partial charge in [-0.05, 0) is 65.7 Å². The van der Waals surface area contributed by atoms with E-state index in [4.69, 9.17) is 9.16 Å². The molecule has 0 saturated heterocycles. The molecule has 0 aliphatic heterocycles. The van der Waals surface area contributed by atoms with Crippen LogP contribution < -0.4 is 9.16 Å². The third-order valence-electron chi connectivity index (χ3n) is 5.85. The smallest absolute Gasteiger partial charge is 0.308 e. The molecule has 31 heavy (non-hydrogen) atoms. The zero-order chi connectivity index (χ0) is 22.6. The van der Waals surface area contributed by atoms with E-state index < -0.39 is 8.32 Å². The average Bonchev–Trinajstić information content (AvgIpc) is 2.70. The molecule has 1 unspecified atom stereocenters. The van der Waals surface area contributed by atoms with Crippen molar-refractivity contribution in [2.45, 2.75) is 51.7 Å². The Balaban J connectivity index is 1.93. The van der Waals surface area contributed by atoms with Crippen molar-refractivity contribution in [2.75, 3.05) is 0 Å². The number of nitrogens with zero attached hydrogens (tertiary/aromatic N) is 1. The Labute approximate surface area is 186 Å². The Morgan fingerprint density at radius 1 is 0.871 bits per heavy atom. The van der Waals surface area contributed by atoms with E-state index in [0.717, 1.165) is 22.6 Å². The van der Waals surface area contributed by atoms with Gasteiger partial charge in [0.05, 0.1) is 11.6 Å². The molecule has 0 fully saturated rings. The van der Waals surface area contributed by atoms with Crippen LogP contribution in [0.3, 0.4) is 0 Å². The molecule has 0 aliphatic rings. The highest BCUT2D eigenvalue weighted by Gasteiger charge is 2.39. The number of aromatic nitrogens is 1. The van der Waals surface area contributed by atoms with Gasteiger partial charge in [0.15, 0.2) is 0 Å². The Hall–Kier alpha value is -2.92. The van der Waals surface area contributed by atoms with Gasteiger partial charge >= 0.3 is 5.97 Å². The molecule has 0 bridgehead atoms. The van der Waals surface area contributed by atoms with Gasteiger partial charge in [0.1, 0.15) is 11.5 Å². The molecule has 1 heterocycles. The van der Waals surface area contributed by atoms with E-state index in [1.54, 1.807) is 0 Å². The highest BCUT2D eigenvalue weighted by atomic mass is 28.4. The summed E-state index contributed by atoms with van der Waals surface area (Å²) in [6, 6.07) is 21.9. The second-order valence-electron chi connectivity index (χ2n) is 9.28. The summed E-state index contributed by atoms with van der Waals surface area (Å²) in [4.78, 5) is 15.8. The maximum absolute atomic E-state index is 11.2. The Bertz CT molecular complexity index is 1010. The van der Waals surface area contributed by atoms with E-state index in [9.17, 15) is 4.79 Å². The second-order valence-corrected chi connectivity index (χ2v) is 14.0. The van der Waals surface area contributed by atoms with Crippen molar-refractivity contribution in [3.63, 3.8) is 0 Å². The van der Waals surface area contributed by atoms with Gasteiger partial charge in [0.2, 0.25) is 8.32 Å². The normalized spacial score (nSPS) is 12.8. The summed E-state index contributed by atoms with van der Waals surface area (Å²) in [5.74, 6) is 1.08. The fourth-order valence-electron chi connectivity index (χ4n) is 3.15. The third kappa shape index (κ3) is 5.61. The van der Waals surface area contributed by atoms with Crippen LogP contribution in [0.2, 0.25) is 18.1 Å². The maximum Gasteiger partial charge on any atom is 0.308 e. The topological polar surface area (TPSA) is 48.4 Å². The van der Waals surface area contributed by atoms with Crippen LogP contribution in [0.25, 0.3) is 0 Å². The van der Waals surface area contributed by atoms with Crippen LogP contribution in [-0.2, 0) is 4.79 Å². The van der Waals surface area contributed by atoms with Crippen molar-refractivity contribution >= 4 is 14.3 Å². The van der Waals surface area contributed by atoms with Crippen molar-refractivity contribution in [3.8, 4) is 11.5 Å². The largest absolute Gasteiger partial charge is 0.544 e. The minimum absolute atomic E-state index is 0.0329. The third-order valence-corrected chi connectivity index (χ3v) is 10.2. The molecule has 0 aliphatic carbocycles. The quantitative estimate of drug-likeness (QED) is 0.250. The van der Waals surface area contributed by atoms with Crippen LogP contribution in [0, 0.1) is 0 Å². The predicted octanol–water partition coefficient (Wildman–Crippen LogP) is 6.57. The highest BCUT2D eigenvalue weighted by Crippen LogP contribution is 2.38. The van der Waals surface area contributed by atoms with E-state index >= 15 is 0 Å².